The third kappa shape index (κ3) is 3.40. The zero-order valence-electron chi connectivity index (χ0n) is 11.1. The molecule has 2 N–H and O–H groups in total. The van der Waals surface area contributed by atoms with Gasteiger partial charge in [0.2, 0.25) is 0 Å². The lowest BCUT2D eigenvalue weighted by molar-refractivity contribution is -0.157. The quantitative estimate of drug-likeness (QED) is 0.722. The molecule has 0 bridgehead atoms. The summed E-state index contributed by atoms with van der Waals surface area (Å²) in [6.07, 6.45) is 0.654. The number of esters is 1. The topological polar surface area (TPSA) is 70.8 Å². The van der Waals surface area contributed by atoms with Crippen molar-refractivity contribution in [3.63, 3.8) is 0 Å². The minimum absolute atomic E-state index is 0.282. The third-order valence-corrected chi connectivity index (χ3v) is 3.47. The average Bonchev–Trinajstić information content (AvgIpc) is 2.60. The zero-order chi connectivity index (χ0) is 13.1. The van der Waals surface area contributed by atoms with Crippen LogP contribution >= 0.6 is 0 Å². The molecule has 1 rings (SSSR count). The van der Waals surface area contributed by atoms with Crippen molar-refractivity contribution < 1.29 is 19.0 Å². The highest BCUT2D eigenvalue weighted by Gasteiger charge is 2.45. The van der Waals surface area contributed by atoms with E-state index >= 15 is 0 Å². The van der Waals surface area contributed by atoms with Crippen molar-refractivity contribution in [2.45, 2.75) is 38.8 Å². The summed E-state index contributed by atoms with van der Waals surface area (Å²) in [5, 5.41) is 0. The maximum absolute atomic E-state index is 11.9. The van der Waals surface area contributed by atoms with Crippen LogP contribution in [0.3, 0.4) is 0 Å². The normalized spacial score (nSPS) is 29.4. The van der Waals surface area contributed by atoms with Crippen LogP contribution in [0.2, 0.25) is 0 Å². The van der Waals surface area contributed by atoms with E-state index in [4.69, 9.17) is 19.9 Å². The van der Waals surface area contributed by atoms with Gasteiger partial charge in [0.15, 0.2) is 0 Å². The van der Waals surface area contributed by atoms with Gasteiger partial charge in [-0.05, 0) is 20.8 Å². The Morgan fingerprint density at radius 1 is 1.59 bits per heavy atom. The third-order valence-electron chi connectivity index (χ3n) is 3.47. The van der Waals surface area contributed by atoms with Crippen LogP contribution in [-0.4, -0.2) is 44.5 Å². The van der Waals surface area contributed by atoms with Crippen molar-refractivity contribution in [1.29, 1.82) is 0 Å². The monoisotopic (exact) mass is 245 g/mol. The van der Waals surface area contributed by atoms with Gasteiger partial charge in [0.1, 0.15) is 5.41 Å². The van der Waals surface area contributed by atoms with Crippen molar-refractivity contribution in [1.82, 2.24) is 0 Å². The first-order valence-electron chi connectivity index (χ1n) is 5.87. The minimum Gasteiger partial charge on any atom is -0.465 e. The molecule has 0 amide bonds. The Balaban J connectivity index is 2.40. The molecule has 5 nitrogen and oxygen atoms in total. The molecule has 0 aromatic heterocycles. The molecule has 1 saturated heterocycles. The lowest BCUT2D eigenvalue weighted by Crippen LogP contribution is -2.45. The van der Waals surface area contributed by atoms with Crippen LogP contribution in [0.4, 0.5) is 0 Å². The molecular formula is C12H23NO4. The molecule has 1 aliphatic rings. The SMILES string of the molecule is COC(C)(C)CCOC(=O)C1(C)COCC1N. The standard InChI is InChI=1S/C12H23NO4/c1-11(2,15-4)5-6-17-10(14)12(3)8-16-7-9(12)13/h9H,5-8,13H2,1-4H3. The van der Waals surface area contributed by atoms with E-state index in [0.717, 1.165) is 0 Å². The van der Waals surface area contributed by atoms with E-state index in [1.807, 2.05) is 13.8 Å². The molecule has 5 heteroatoms. The van der Waals surface area contributed by atoms with Gasteiger partial charge >= 0.3 is 5.97 Å². The first kappa shape index (κ1) is 14.4. The highest BCUT2D eigenvalue weighted by atomic mass is 16.5. The lowest BCUT2D eigenvalue weighted by atomic mass is 9.86. The summed E-state index contributed by atoms with van der Waals surface area (Å²) in [4.78, 5) is 11.9. The molecule has 0 radical (unpaired) electrons. The molecule has 2 atom stereocenters. The Bertz CT molecular complexity index is 280. The molecule has 100 valence electrons. The summed E-state index contributed by atoms with van der Waals surface area (Å²) < 4.78 is 15.7. The molecule has 0 spiro atoms. The predicted molar refractivity (Wildman–Crippen MR) is 63.6 cm³/mol. The zero-order valence-corrected chi connectivity index (χ0v) is 11.1. The van der Waals surface area contributed by atoms with E-state index in [-0.39, 0.29) is 17.6 Å². The summed E-state index contributed by atoms with van der Waals surface area (Å²) in [6, 6.07) is -0.287. The minimum atomic E-state index is -0.711. The van der Waals surface area contributed by atoms with E-state index in [1.54, 1.807) is 14.0 Å². The number of carbonyl (C=O) groups is 1. The number of hydrogen-bond acceptors (Lipinski definition) is 5. The molecule has 0 saturated carbocycles. The molecule has 0 aliphatic carbocycles. The van der Waals surface area contributed by atoms with Crippen molar-refractivity contribution in [2.24, 2.45) is 11.1 Å². The Labute approximate surface area is 103 Å². The van der Waals surface area contributed by atoms with Gasteiger partial charge in [-0.25, -0.2) is 0 Å². The number of rotatable bonds is 5. The smallest absolute Gasteiger partial charge is 0.315 e. The van der Waals surface area contributed by atoms with Gasteiger partial charge in [0, 0.05) is 19.6 Å². The fourth-order valence-corrected chi connectivity index (χ4v) is 1.56. The number of methoxy groups -OCH3 is 1. The maximum Gasteiger partial charge on any atom is 0.315 e. The van der Waals surface area contributed by atoms with Gasteiger partial charge in [-0.15, -0.1) is 0 Å². The highest BCUT2D eigenvalue weighted by Crippen LogP contribution is 2.28. The molecule has 1 fully saturated rings. The van der Waals surface area contributed by atoms with E-state index in [2.05, 4.69) is 0 Å². The average molecular weight is 245 g/mol. The maximum atomic E-state index is 11.9. The van der Waals surface area contributed by atoms with Gasteiger partial charge in [0.25, 0.3) is 0 Å². The van der Waals surface area contributed by atoms with Crippen LogP contribution in [0.15, 0.2) is 0 Å². The second-order valence-corrected chi connectivity index (χ2v) is 5.39. The van der Waals surface area contributed by atoms with Gasteiger partial charge < -0.3 is 19.9 Å². The van der Waals surface area contributed by atoms with Crippen LogP contribution in [0, 0.1) is 5.41 Å². The number of ether oxygens (including phenoxy) is 3. The second kappa shape index (κ2) is 5.33. The second-order valence-electron chi connectivity index (χ2n) is 5.39. The molecule has 0 aromatic carbocycles. The van der Waals surface area contributed by atoms with Crippen LogP contribution in [0.1, 0.15) is 27.2 Å². The predicted octanol–water partition coefficient (Wildman–Crippen LogP) is 0.709. The number of carbonyl (C=O) groups excluding carboxylic acids is 1. The fourth-order valence-electron chi connectivity index (χ4n) is 1.56. The largest absolute Gasteiger partial charge is 0.465 e. The Kier molecular flexibility index (Phi) is 4.52. The van der Waals surface area contributed by atoms with E-state index in [1.165, 1.54) is 0 Å². The van der Waals surface area contributed by atoms with Crippen molar-refractivity contribution >= 4 is 5.97 Å². The molecule has 17 heavy (non-hydrogen) atoms. The van der Waals surface area contributed by atoms with Crippen LogP contribution in [-0.2, 0) is 19.0 Å². The Hall–Kier alpha value is -0.650. The first-order chi connectivity index (χ1) is 7.82. The van der Waals surface area contributed by atoms with Gasteiger partial charge in [-0.2, -0.15) is 0 Å². The number of nitrogens with two attached hydrogens (primary N) is 1. The number of hydrogen-bond donors (Lipinski definition) is 1. The van der Waals surface area contributed by atoms with Crippen LogP contribution in [0.5, 0.6) is 0 Å². The van der Waals surface area contributed by atoms with E-state index in [0.29, 0.717) is 26.2 Å². The van der Waals surface area contributed by atoms with Crippen molar-refractivity contribution in [3.8, 4) is 0 Å². The van der Waals surface area contributed by atoms with E-state index < -0.39 is 5.41 Å². The Morgan fingerprint density at radius 3 is 2.71 bits per heavy atom. The fraction of sp³-hybridized carbons (Fsp3) is 0.917. The molecule has 0 aromatic rings. The molecular weight excluding hydrogens is 222 g/mol. The summed E-state index contributed by atoms with van der Waals surface area (Å²) in [7, 11) is 1.64. The molecule has 1 aliphatic heterocycles. The van der Waals surface area contributed by atoms with Gasteiger partial charge in [-0.1, -0.05) is 0 Å². The highest BCUT2D eigenvalue weighted by molar-refractivity contribution is 5.78. The van der Waals surface area contributed by atoms with Crippen molar-refractivity contribution in [3.05, 3.63) is 0 Å². The molecule has 1 heterocycles. The van der Waals surface area contributed by atoms with E-state index in [9.17, 15) is 4.79 Å². The summed E-state index contributed by atoms with van der Waals surface area (Å²) >= 11 is 0. The van der Waals surface area contributed by atoms with Crippen molar-refractivity contribution in [2.75, 3.05) is 26.9 Å². The van der Waals surface area contributed by atoms with Crippen LogP contribution < -0.4 is 5.73 Å². The van der Waals surface area contributed by atoms with Gasteiger partial charge in [-0.3, -0.25) is 4.79 Å². The van der Waals surface area contributed by atoms with Gasteiger partial charge in [0.05, 0.1) is 25.4 Å². The van der Waals surface area contributed by atoms with Crippen LogP contribution in [0.25, 0.3) is 0 Å². The Morgan fingerprint density at radius 2 is 2.24 bits per heavy atom. The summed E-state index contributed by atoms with van der Waals surface area (Å²) in [5.74, 6) is -0.283. The summed E-state index contributed by atoms with van der Waals surface area (Å²) in [5.41, 5.74) is 4.85. The molecule has 2 unspecified atom stereocenters. The first-order valence-corrected chi connectivity index (χ1v) is 5.87. The summed E-state index contributed by atoms with van der Waals surface area (Å²) in [6.45, 7) is 6.77. The lowest BCUT2D eigenvalue weighted by Gasteiger charge is -2.26.